The quantitative estimate of drug-likeness (QED) is 0.671. The molecule has 0 saturated heterocycles. The number of carbonyl (C=O) groups excluding carboxylic acids is 2. The maximum atomic E-state index is 12.0. The molecule has 0 atom stereocenters. The highest BCUT2D eigenvalue weighted by molar-refractivity contribution is 9.10. The summed E-state index contributed by atoms with van der Waals surface area (Å²) in [7, 11) is 0. The van der Waals surface area contributed by atoms with Gasteiger partial charge in [0.15, 0.2) is 0 Å². The van der Waals surface area contributed by atoms with Crippen LogP contribution in [0.4, 0.5) is 0 Å². The summed E-state index contributed by atoms with van der Waals surface area (Å²) in [6.45, 7) is 4.61. The molecule has 1 aromatic rings. The van der Waals surface area contributed by atoms with Crippen molar-refractivity contribution in [1.82, 2.24) is 4.90 Å². The molecule has 0 spiro atoms. The smallest absolute Gasteiger partial charge is 0.325 e. The van der Waals surface area contributed by atoms with E-state index < -0.39 is 0 Å². The van der Waals surface area contributed by atoms with Gasteiger partial charge in [0.25, 0.3) is 0 Å². The third-order valence-electron chi connectivity index (χ3n) is 2.76. The zero-order valence-corrected chi connectivity index (χ0v) is 13.9. The predicted octanol–water partition coefficient (Wildman–Crippen LogP) is 2.63. The summed E-state index contributed by atoms with van der Waals surface area (Å²) in [6, 6.07) is 7.39. The Morgan fingerprint density at radius 2 is 1.86 bits per heavy atom. The lowest BCUT2D eigenvalue weighted by molar-refractivity contribution is -0.149. The molecule has 5 nitrogen and oxygen atoms in total. The van der Waals surface area contributed by atoms with Crippen molar-refractivity contribution in [3.05, 3.63) is 28.7 Å². The van der Waals surface area contributed by atoms with Crippen molar-refractivity contribution < 1.29 is 19.1 Å². The van der Waals surface area contributed by atoms with E-state index in [0.29, 0.717) is 18.9 Å². The van der Waals surface area contributed by atoms with Crippen molar-refractivity contribution in [3.8, 4) is 5.75 Å². The van der Waals surface area contributed by atoms with Gasteiger partial charge < -0.3 is 14.4 Å². The molecule has 116 valence electrons. The van der Waals surface area contributed by atoms with Crippen molar-refractivity contribution in [2.24, 2.45) is 0 Å². The summed E-state index contributed by atoms with van der Waals surface area (Å²) in [4.78, 5) is 24.8. The summed E-state index contributed by atoms with van der Waals surface area (Å²) in [5.41, 5.74) is 0. The number of halogens is 1. The summed E-state index contributed by atoms with van der Waals surface area (Å²) < 4.78 is 11.3. The highest BCUT2D eigenvalue weighted by Gasteiger charge is 2.16. The molecule has 0 unspecified atom stereocenters. The number of ether oxygens (including phenoxy) is 2. The first kappa shape index (κ1) is 17.5. The molecule has 0 saturated carbocycles. The van der Waals surface area contributed by atoms with E-state index in [1.54, 1.807) is 6.92 Å². The Labute approximate surface area is 133 Å². The van der Waals surface area contributed by atoms with Crippen LogP contribution in [-0.2, 0) is 14.3 Å². The molecule has 6 heteroatoms. The zero-order valence-electron chi connectivity index (χ0n) is 12.3. The Kier molecular flexibility index (Phi) is 7.82. The average Bonchev–Trinajstić information content (AvgIpc) is 2.47. The fourth-order valence-corrected chi connectivity index (χ4v) is 1.95. The van der Waals surface area contributed by atoms with Crippen LogP contribution < -0.4 is 4.74 Å². The Morgan fingerprint density at radius 1 is 1.19 bits per heavy atom. The summed E-state index contributed by atoms with van der Waals surface area (Å²) >= 11 is 3.34. The minimum atomic E-state index is -0.387. The number of likely N-dealkylation sites (N-methyl/N-ethyl adjacent to an activating group) is 1. The summed E-state index contributed by atoms with van der Waals surface area (Å²) in [5, 5.41) is 0. The highest BCUT2D eigenvalue weighted by atomic mass is 79.9. The van der Waals surface area contributed by atoms with Gasteiger partial charge >= 0.3 is 5.97 Å². The van der Waals surface area contributed by atoms with E-state index in [-0.39, 0.29) is 31.4 Å². The number of hydrogen-bond acceptors (Lipinski definition) is 4. The molecule has 21 heavy (non-hydrogen) atoms. The second-order valence-electron chi connectivity index (χ2n) is 4.27. The first-order chi connectivity index (χ1) is 10.1. The van der Waals surface area contributed by atoms with Gasteiger partial charge in [0.2, 0.25) is 5.91 Å². The monoisotopic (exact) mass is 357 g/mol. The van der Waals surface area contributed by atoms with E-state index in [9.17, 15) is 9.59 Å². The van der Waals surface area contributed by atoms with Gasteiger partial charge in [-0.15, -0.1) is 0 Å². The number of carbonyl (C=O) groups is 2. The van der Waals surface area contributed by atoms with Crippen LogP contribution in [0.1, 0.15) is 20.3 Å². The Balaban J connectivity index is 2.36. The van der Waals surface area contributed by atoms with Gasteiger partial charge in [-0.05, 0) is 38.1 Å². The van der Waals surface area contributed by atoms with E-state index in [0.717, 1.165) is 4.47 Å². The number of nitrogens with zero attached hydrogens (tertiary/aromatic N) is 1. The minimum absolute atomic E-state index is 0.0124. The lowest BCUT2D eigenvalue weighted by Gasteiger charge is -2.19. The van der Waals surface area contributed by atoms with E-state index in [1.165, 1.54) is 4.90 Å². The van der Waals surface area contributed by atoms with Crippen molar-refractivity contribution in [2.75, 3.05) is 26.3 Å². The van der Waals surface area contributed by atoms with Crippen molar-refractivity contribution in [3.63, 3.8) is 0 Å². The molecule has 0 bridgehead atoms. The van der Waals surface area contributed by atoms with Crippen LogP contribution in [-0.4, -0.2) is 43.1 Å². The average molecular weight is 358 g/mol. The number of hydrogen-bond donors (Lipinski definition) is 0. The van der Waals surface area contributed by atoms with Gasteiger partial charge in [0.05, 0.1) is 19.6 Å². The Bertz CT molecular complexity index is 461. The van der Waals surface area contributed by atoms with E-state index in [2.05, 4.69) is 15.9 Å². The minimum Gasteiger partial charge on any atom is -0.493 e. The van der Waals surface area contributed by atoms with E-state index >= 15 is 0 Å². The molecule has 0 heterocycles. The number of esters is 1. The maximum absolute atomic E-state index is 12.0. The summed E-state index contributed by atoms with van der Waals surface area (Å²) in [6.07, 6.45) is 0.226. The topological polar surface area (TPSA) is 55.8 Å². The molecule has 1 rings (SSSR count). The number of rotatable bonds is 8. The fraction of sp³-hybridized carbons (Fsp3) is 0.467. The summed E-state index contributed by atoms with van der Waals surface area (Å²) in [5.74, 6) is 0.198. The number of amides is 1. The van der Waals surface area contributed by atoms with Crippen LogP contribution in [0.3, 0.4) is 0 Å². The second kappa shape index (κ2) is 9.39. The van der Waals surface area contributed by atoms with Crippen LogP contribution in [0, 0.1) is 0 Å². The fourth-order valence-electron chi connectivity index (χ4n) is 1.68. The lowest BCUT2D eigenvalue weighted by Crippen LogP contribution is -2.36. The molecule has 0 aromatic heterocycles. The SMILES string of the molecule is CCOC(=O)CN(CC)C(=O)CCOc1ccc(Br)cc1. The molecule has 1 amide bonds. The van der Waals surface area contributed by atoms with Gasteiger partial charge in [-0.1, -0.05) is 15.9 Å². The van der Waals surface area contributed by atoms with Crippen molar-refractivity contribution in [2.45, 2.75) is 20.3 Å². The molecule has 0 aliphatic rings. The Morgan fingerprint density at radius 3 is 2.43 bits per heavy atom. The number of benzene rings is 1. The molecule has 1 aromatic carbocycles. The molecule has 0 N–H and O–H groups in total. The van der Waals surface area contributed by atoms with Crippen LogP contribution in [0.15, 0.2) is 28.7 Å². The van der Waals surface area contributed by atoms with E-state index in [4.69, 9.17) is 9.47 Å². The van der Waals surface area contributed by atoms with Gasteiger partial charge in [-0.2, -0.15) is 0 Å². The van der Waals surface area contributed by atoms with Gasteiger partial charge in [0, 0.05) is 11.0 Å². The van der Waals surface area contributed by atoms with Gasteiger partial charge in [-0.3, -0.25) is 9.59 Å². The molecular weight excluding hydrogens is 338 g/mol. The first-order valence-corrected chi connectivity index (χ1v) is 7.67. The highest BCUT2D eigenvalue weighted by Crippen LogP contribution is 2.16. The lowest BCUT2D eigenvalue weighted by atomic mass is 10.3. The van der Waals surface area contributed by atoms with Crippen LogP contribution in [0.5, 0.6) is 5.75 Å². The standard InChI is InChI=1S/C15H20BrNO4/c1-3-17(11-15(19)20-4-2)14(18)9-10-21-13-7-5-12(16)6-8-13/h5-8H,3-4,9-11H2,1-2H3. The molecular formula is C15H20BrNO4. The largest absolute Gasteiger partial charge is 0.493 e. The van der Waals surface area contributed by atoms with Gasteiger partial charge in [0.1, 0.15) is 12.3 Å². The predicted molar refractivity (Wildman–Crippen MR) is 83.1 cm³/mol. The molecule has 0 radical (unpaired) electrons. The molecule has 0 aliphatic heterocycles. The third-order valence-corrected chi connectivity index (χ3v) is 3.29. The third kappa shape index (κ3) is 6.62. The van der Waals surface area contributed by atoms with Crippen molar-refractivity contribution in [1.29, 1.82) is 0 Å². The molecule has 0 aliphatic carbocycles. The maximum Gasteiger partial charge on any atom is 0.325 e. The van der Waals surface area contributed by atoms with Crippen molar-refractivity contribution >= 4 is 27.8 Å². The van der Waals surface area contributed by atoms with Crippen LogP contribution >= 0.6 is 15.9 Å². The zero-order chi connectivity index (χ0) is 15.7. The normalized spacial score (nSPS) is 10.0. The second-order valence-corrected chi connectivity index (χ2v) is 5.18. The van der Waals surface area contributed by atoms with E-state index in [1.807, 2.05) is 31.2 Å². The molecule has 0 fully saturated rings. The Hall–Kier alpha value is -1.56. The van der Waals surface area contributed by atoms with Crippen LogP contribution in [0.25, 0.3) is 0 Å². The van der Waals surface area contributed by atoms with Gasteiger partial charge in [-0.25, -0.2) is 0 Å². The van der Waals surface area contributed by atoms with Crippen LogP contribution in [0.2, 0.25) is 0 Å². The first-order valence-electron chi connectivity index (χ1n) is 6.88.